The summed E-state index contributed by atoms with van der Waals surface area (Å²) < 4.78 is 0. The van der Waals surface area contributed by atoms with E-state index in [4.69, 9.17) is 22.9 Å². The summed E-state index contributed by atoms with van der Waals surface area (Å²) in [6.45, 7) is 4.04. The molecule has 0 radical (unpaired) electrons. The summed E-state index contributed by atoms with van der Waals surface area (Å²) in [5, 5.41) is 14.1. The predicted molar refractivity (Wildman–Crippen MR) is 107 cm³/mol. The molecule has 0 aromatic rings. The van der Waals surface area contributed by atoms with Crippen LogP contribution in [0.25, 0.3) is 0 Å². The monoisotopic (exact) mass is 415 g/mol. The first kappa shape index (κ1) is 26.1. The lowest BCUT2D eigenvalue weighted by atomic mass is 10.0. The third kappa shape index (κ3) is 12.2. The molecule has 166 valence electrons. The number of carbonyl (C=O) groups is 4. The summed E-state index contributed by atoms with van der Waals surface area (Å²) in [5.41, 5.74) is 21.4. The first-order chi connectivity index (χ1) is 13.4. The van der Waals surface area contributed by atoms with E-state index in [1.54, 1.807) is 0 Å². The van der Waals surface area contributed by atoms with Gasteiger partial charge in [-0.3, -0.25) is 19.4 Å². The normalized spacial score (nSPS) is 13.8. The van der Waals surface area contributed by atoms with Gasteiger partial charge in [0.1, 0.15) is 12.1 Å². The van der Waals surface area contributed by atoms with Gasteiger partial charge in [-0.2, -0.15) is 0 Å². The number of nitrogens with two attached hydrogens (primary N) is 4. The molecule has 0 spiro atoms. The Balaban J connectivity index is 5.14. The minimum absolute atomic E-state index is 0.105. The first-order valence-electron chi connectivity index (χ1n) is 9.36. The van der Waals surface area contributed by atoms with Crippen molar-refractivity contribution in [2.45, 2.75) is 64.1 Å². The van der Waals surface area contributed by atoms with E-state index in [-0.39, 0.29) is 37.7 Å². The number of aliphatic imine (C=N–C) groups is 1. The molecule has 0 saturated carbocycles. The Labute approximate surface area is 169 Å². The highest BCUT2D eigenvalue weighted by molar-refractivity contribution is 5.91. The summed E-state index contributed by atoms with van der Waals surface area (Å²) in [4.78, 5) is 50.9. The molecule has 0 rings (SSSR count). The fourth-order valence-electron chi connectivity index (χ4n) is 2.48. The zero-order chi connectivity index (χ0) is 22.6. The van der Waals surface area contributed by atoms with E-state index in [2.05, 4.69) is 15.6 Å². The molecule has 0 fully saturated rings. The van der Waals surface area contributed by atoms with Crippen LogP contribution < -0.4 is 33.6 Å². The summed E-state index contributed by atoms with van der Waals surface area (Å²) >= 11 is 0. The van der Waals surface area contributed by atoms with E-state index in [0.29, 0.717) is 12.8 Å². The average Bonchev–Trinajstić information content (AvgIpc) is 2.59. The highest BCUT2D eigenvalue weighted by atomic mass is 16.4. The van der Waals surface area contributed by atoms with Crippen LogP contribution in [0.5, 0.6) is 0 Å². The summed E-state index contributed by atoms with van der Waals surface area (Å²) in [6, 6.07) is -3.17. The first-order valence-corrected chi connectivity index (χ1v) is 9.36. The lowest BCUT2D eigenvalue weighted by molar-refractivity contribution is -0.142. The van der Waals surface area contributed by atoms with Crippen molar-refractivity contribution in [3.05, 3.63) is 0 Å². The Kier molecular flexibility index (Phi) is 12.0. The predicted octanol–water partition coefficient (Wildman–Crippen LogP) is -2.27. The van der Waals surface area contributed by atoms with Gasteiger partial charge >= 0.3 is 5.97 Å². The van der Waals surface area contributed by atoms with Crippen LogP contribution in [0.4, 0.5) is 0 Å². The summed E-state index contributed by atoms with van der Waals surface area (Å²) in [7, 11) is 0. The van der Waals surface area contributed by atoms with Gasteiger partial charge in [-0.05, 0) is 31.6 Å². The van der Waals surface area contributed by atoms with Crippen molar-refractivity contribution in [1.82, 2.24) is 10.6 Å². The molecule has 0 aromatic carbocycles. The van der Waals surface area contributed by atoms with Gasteiger partial charge < -0.3 is 38.7 Å². The Morgan fingerprint density at radius 1 is 0.966 bits per heavy atom. The van der Waals surface area contributed by atoms with Crippen LogP contribution in [0, 0.1) is 5.92 Å². The molecule has 29 heavy (non-hydrogen) atoms. The number of carbonyl (C=O) groups excluding carboxylic acids is 3. The van der Waals surface area contributed by atoms with Crippen molar-refractivity contribution >= 4 is 29.7 Å². The lowest BCUT2D eigenvalue weighted by Gasteiger charge is -2.23. The van der Waals surface area contributed by atoms with E-state index < -0.39 is 41.8 Å². The minimum Gasteiger partial charge on any atom is -0.480 e. The van der Waals surface area contributed by atoms with Crippen LogP contribution in [-0.4, -0.2) is 59.4 Å². The van der Waals surface area contributed by atoms with Crippen molar-refractivity contribution in [2.24, 2.45) is 33.8 Å². The van der Waals surface area contributed by atoms with Crippen LogP contribution >= 0.6 is 0 Å². The highest BCUT2D eigenvalue weighted by Gasteiger charge is 2.28. The van der Waals surface area contributed by atoms with Crippen molar-refractivity contribution < 1.29 is 24.3 Å². The van der Waals surface area contributed by atoms with Gasteiger partial charge in [-0.25, -0.2) is 4.79 Å². The van der Waals surface area contributed by atoms with Gasteiger partial charge in [0.25, 0.3) is 0 Å². The van der Waals surface area contributed by atoms with Crippen molar-refractivity contribution in [3.63, 3.8) is 0 Å². The molecule has 12 heteroatoms. The van der Waals surface area contributed by atoms with Crippen LogP contribution in [0.1, 0.15) is 46.0 Å². The molecule has 0 aromatic heterocycles. The maximum Gasteiger partial charge on any atom is 0.326 e. The van der Waals surface area contributed by atoms with E-state index in [1.807, 2.05) is 13.8 Å². The maximum atomic E-state index is 12.6. The average molecular weight is 415 g/mol. The zero-order valence-electron chi connectivity index (χ0n) is 16.9. The molecule has 12 nitrogen and oxygen atoms in total. The quantitative estimate of drug-likeness (QED) is 0.0926. The molecule has 0 bridgehead atoms. The fourth-order valence-corrected chi connectivity index (χ4v) is 2.48. The Hall–Kier alpha value is -2.89. The van der Waals surface area contributed by atoms with Gasteiger partial charge in [-0.15, -0.1) is 0 Å². The molecule has 0 aliphatic rings. The molecule has 11 N–H and O–H groups in total. The minimum atomic E-state index is -1.32. The zero-order valence-corrected chi connectivity index (χ0v) is 16.9. The van der Waals surface area contributed by atoms with Gasteiger partial charge in [0.05, 0.1) is 6.04 Å². The maximum absolute atomic E-state index is 12.6. The van der Waals surface area contributed by atoms with E-state index in [1.165, 1.54) is 0 Å². The van der Waals surface area contributed by atoms with E-state index >= 15 is 0 Å². The number of hydrogen-bond acceptors (Lipinski definition) is 6. The summed E-state index contributed by atoms with van der Waals surface area (Å²) in [6.07, 6.45) is 0.556. The third-order valence-corrected chi connectivity index (χ3v) is 3.93. The second-order valence-corrected chi connectivity index (χ2v) is 7.15. The number of rotatable bonds is 14. The van der Waals surface area contributed by atoms with Gasteiger partial charge in [0.2, 0.25) is 17.7 Å². The number of carboxylic acid groups (broad SMARTS) is 1. The Morgan fingerprint density at radius 3 is 2.03 bits per heavy atom. The number of aliphatic carboxylic acids is 1. The van der Waals surface area contributed by atoms with Gasteiger partial charge in [0, 0.05) is 13.0 Å². The third-order valence-electron chi connectivity index (χ3n) is 3.93. The molecule has 3 unspecified atom stereocenters. The van der Waals surface area contributed by atoms with E-state index in [9.17, 15) is 24.3 Å². The lowest BCUT2D eigenvalue weighted by Crippen LogP contribution is -2.54. The smallest absolute Gasteiger partial charge is 0.326 e. The molecule has 0 aliphatic carbocycles. The number of nitrogens with zero attached hydrogens (tertiary/aromatic N) is 1. The molecule has 0 aliphatic heterocycles. The number of amides is 3. The summed E-state index contributed by atoms with van der Waals surface area (Å²) in [5.74, 6) is -3.17. The number of carboxylic acids is 1. The fraction of sp³-hybridized carbons (Fsp3) is 0.706. The Morgan fingerprint density at radius 2 is 1.55 bits per heavy atom. The second kappa shape index (κ2) is 13.3. The number of primary amides is 1. The SMILES string of the molecule is CC(C)CC(N)C(=O)NC(CCCN=C(N)N)C(=O)NC(CCC(N)=O)C(=O)O. The molecule has 3 amide bonds. The standard InChI is InChI=1S/C17H33N7O5/c1-9(2)8-10(18)14(26)23-11(4-3-7-22-17(20)21)15(27)24-12(16(28)29)5-6-13(19)25/h9-12H,3-8,18H2,1-2H3,(H2,19,25)(H,23,26)(H,24,27)(H,28,29)(H4,20,21,22). The topological polar surface area (TPSA) is 229 Å². The number of nitrogens with one attached hydrogen (secondary N) is 2. The highest BCUT2D eigenvalue weighted by Crippen LogP contribution is 2.06. The van der Waals surface area contributed by atoms with Crippen LogP contribution in [0.15, 0.2) is 4.99 Å². The van der Waals surface area contributed by atoms with Crippen LogP contribution in [-0.2, 0) is 19.2 Å². The number of hydrogen-bond donors (Lipinski definition) is 7. The van der Waals surface area contributed by atoms with E-state index in [0.717, 1.165) is 0 Å². The van der Waals surface area contributed by atoms with Gasteiger partial charge in [-0.1, -0.05) is 13.8 Å². The molecule has 3 atom stereocenters. The van der Waals surface area contributed by atoms with Gasteiger partial charge in [0.15, 0.2) is 5.96 Å². The molecule has 0 heterocycles. The largest absolute Gasteiger partial charge is 0.480 e. The van der Waals surface area contributed by atoms with Crippen molar-refractivity contribution in [2.75, 3.05) is 6.54 Å². The van der Waals surface area contributed by atoms with Crippen LogP contribution in [0.3, 0.4) is 0 Å². The van der Waals surface area contributed by atoms with Crippen molar-refractivity contribution in [3.8, 4) is 0 Å². The molecular formula is C17H33N7O5. The molecule has 0 saturated heterocycles. The second-order valence-electron chi connectivity index (χ2n) is 7.15. The van der Waals surface area contributed by atoms with Crippen molar-refractivity contribution in [1.29, 1.82) is 0 Å². The van der Waals surface area contributed by atoms with Crippen LogP contribution in [0.2, 0.25) is 0 Å². The molecular weight excluding hydrogens is 382 g/mol. The Bertz CT molecular complexity index is 605. The number of guanidine groups is 1.